The van der Waals surface area contributed by atoms with Crippen LogP contribution < -0.4 is 4.74 Å². The highest BCUT2D eigenvalue weighted by Gasteiger charge is 2.25. The van der Waals surface area contributed by atoms with Gasteiger partial charge < -0.3 is 4.74 Å². The Hall–Kier alpha value is -3.33. The number of rotatable bonds is 6. The SMILES string of the molecule is Cc1ccc(S(=O)(=O)n2cc(-c3cc(OC4CCCCC4)nc(C)n3)c3c(CF)nccc32)cc1. The second-order valence-corrected chi connectivity index (χ2v) is 10.8. The fourth-order valence-corrected chi connectivity index (χ4v) is 5.99. The molecular weight excluding hydrogens is 467 g/mol. The third-order valence-electron chi connectivity index (χ3n) is 6.40. The van der Waals surface area contributed by atoms with Crippen LogP contribution in [0.2, 0.25) is 0 Å². The van der Waals surface area contributed by atoms with Crippen molar-refractivity contribution in [2.24, 2.45) is 0 Å². The Balaban J connectivity index is 1.67. The van der Waals surface area contributed by atoms with Gasteiger partial charge in [-0.2, -0.15) is 4.98 Å². The van der Waals surface area contributed by atoms with E-state index in [-0.39, 0.29) is 16.7 Å². The van der Waals surface area contributed by atoms with E-state index in [0.717, 1.165) is 31.2 Å². The molecule has 0 bridgehead atoms. The molecule has 5 rings (SSSR count). The average molecular weight is 495 g/mol. The van der Waals surface area contributed by atoms with Crippen LogP contribution in [0, 0.1) is 13.8 Å². The number of fused-ring (bicyclic) bond motifs is 1. The van der Waals surface area contributed by atoms with Gasteiger partial charge in [0.1, 0.15) is 18.6 Å². The first kappa shape index (κ1) is 23.4. The van der Waals surface area contributed by atoms with E-state index in [1.165, 1.54) is 22.8 Å². The van der Waals surface area contributed by atoms with Crippen LogP contribution in [-0.2, 0) is 16.7 Å². The molecular formula is C26H27FN4O3S. The second kappa shape index (κ2) is 9.37. The zero-order chi connectivity index (χ0) is 24.6. The highest BCUT2D eigenvalue weighted by molar-refractivity contribution is 7.90. The van der Waals surface area contributed by atoms with Crippen molar-refractivity contribution in [2.45, 2.75) is 63.6 Å². The van der Waals surface area contributed by atoms with Crippen molar-refractivity contribution in [3.63, 3.8) is 0 Å². The molecule has 0 N–H and O–H groups in total. The van der Waals surface area contributed by atoms with Crippen LogP contribution in [0.3, 0.4) is 0 Å². The molecule has 3 heterocycles. The van der Waals surface area contributed by atoms with E-state index >= 15 is 0 Å². The molecule has 1 aliphatic rings. The molecule has 0 amide bonds. The Bertz CT molecular complexity index is 1480. The molecule has 4 aromatic rings. The van der Waals surface area contributed by atoms with Crippen molar-refractivity contribution >= 4 is 20.9 Å². The number of hydrogen-bond donors (Lipinski definition) is 0. The summed E-state index contributed by atoms with van der Waals surface area (Å²) in [6.45, 7) is 2.81. The van der Waals surface area contributed by atoms with Crippen LogP contribution in [0.1, 0.15) is 49.2 Å². The molecule has 1 aliphatic carbocycles. The Morgan fingerprint density at radius 3 is 2.51 bits per heavy atom. The Morgan fingerprint density at radius 2 is 1.80 bits per heavy atom. The molecule has 182 valence electrons. The first-order chi connectivity index (χ1) is 16.9. The van der Waals surface area contributed by atoms with Crippen LogP contribution in [0.5, 0.6) is 5.88 Å². The standard InChI is InChI=1S/C26H27FN4O3S/c1-17-8-10-20(11-9-17)35(32,33)31-16-21(26-23(15-27)28-13-12-24(26)31)22-14-25(30-18(2)29-22)34-19-6-4-3-5-7-19/h8-14,16,19H,3-7,15H2,1-2H3. The van der Waals surface area contributed by atoms with Gasteiger partial charge in [0.05, 0.1) is 21.8 Å². The zero-order valence-electron chi connectivity index (χ0n) is 19.7. The minimum atomic E-state index is -3.95. The van der Waals surface area contributed by atoms with Gasteiger partial charge in [-0.3, -0.25) is 4.98 Å². The lowest BCUT2D eigenvalue weighted by atomic mass is 9.98. The number of nitrogens with zero attached hydrogens (tertiary/aromatic N) is 4. The fraction of sp³-hybridized carbons (Fsp3) is 0.346. The maximum absolute atomic E-state index is 14.0. The normalized spacial score (nSPS) is 14.9. The summed E-state index contributed by atoms with van der Waals surface area (Å²) in [5.74, 6) is 0.925. The summed E-state index contributed by atoms with van der Waals surface area (Å²) in [7, 11) is -3.95. The van der Waals surface area contributed by atoms with Crippen molar-refractivity contribution < 1.29 is 17.5 Å². The van der Waals surface area contributed by atoms with E-state index in [1.54, 1.807) is 43.3 Å². The molecule has 7 nitrogen and oxygen atoms in total. The molecule has 35 heavy (non-hydrogen) atoms. The smallest absolute Gasteiger partial charge is 0.268 e. The number of hydrogen-bond acceptors (Lipinski definition) is 6. The topological polar surface area (TPSA) is 87.0 Å². The Kier molecular flexibility index (Phi) is 6.27. The number of aromatic nitrogens is 4. The van der Waals surface area contributed by atoms with Gasteiger partial charge in [-0.15, -0.1) is 0 Å². The van der Waals surface area contributed by atoms with E-state index in [4.69, 9.17) is 4.74 Å². The molecule has 1 fully saturated rings. The molecule has 9 heteroatoms. The van der Waals surface area contributed by atoms with E-state index in [1.807, 2.05) is 6.92 Å². The summed E-state index contributed by atoms with van der Waals surface area (Å²) in [5.41, 5.74) is 2.38. The van der Waals surface area contributed by atoms with Crippen LogP contribution in [-0.4, -0.2) is 33.4 Å². The number of pyridine rings is 1. The molecule has 0 aliphatic heterocycles. The lowest BCUT2D eigenvalue weighted by Gasteiger charge is -2.22. The predicted molar refractivity (Wildman–Crippen MR) is 132 cm³/mol. The second-order valence-electron chi connectivity index (χ2n) is 8.96. The largest absolute Gasteiger partial charge is 0.474 e. The van der Waals surface area contributed by atoms with Crippen molar-refractivity contribution in [1.82, 2.24) is 18.9 Å². The molecule has 3 aromatic heterocycles. The minimum absolute atomic E-state index is 0.0947. The van der Waals surface area contributed by atoms with Crippen molar-refractivity contribution in [3.8, 4) is 17.1 Å². The molecule has 0 atom stereocenters. The Morgan fingerprint density at radius 1 is 1.06 bits per heavy atom. The van der Waals surface area contributed by atoms with Gasteiger partial charge >= 0.3 is 0 Å². The summed E-state index contributed by atoms with van der Waals surface area (Å²) in [4.78, 5) is 13.3. The van der Waals surface area contributed by atoms with Gasteiger partial charge in [0.25, 0.3) is 10.0 Å². The van der Waals surface area contributed by atoms with E-state index < -0.39 is 16.7 Å². The summed E-state index contributed by atoms with van der Waals surface area (Å²) in [6, 6.07) is 9.91. The first-order valence-corrected chi connectivity index (χ1v) is 13.2. The van der Waals surface area contributed by atoms with Gasteiger partial charge in [0.15, 0.2) is 0 Å². The number of benzene rings is 1. The summed E-state index contributed by atoms with van der Waals surface area (Å²) in [6.07, 6.45) is 8.41. The molecule has 0 radical (unpaired) electrons. The quantitative estimate of drug-likeness (QED) is 0.350. The van der Waals surface area contributed by atoms with Crippen LogP contribution in [0.4, 0.5) is 4.39 Å². The number of halogens is 1. The highest BCUT2D eigenvalue weighted by atomic mass is 32.2. The third-order valence-corrected chi connectivity index (χ3v) is 8.08. The zero-order valence-corrected chi connectivity index (χ0v) is 20.6. The van der Waals surface area contributed by atoms with Crippen LogP contribution in [0.25, 0.3) is 22.2 Å². The van der Waals surface area contributed by atoms with Crippen LogP contribution >= 0.6 is 0 Å². The van der Waals surface area contributed by atoms with E-state index in [9.17, 15) is 12.8 Å². The number of aryl methyl sites for hydroxylation is 2. The molecule has 1 saturated carbocycles. The number of alkyl halides is 1. The Labute approximate surface area is 204 Å². The summed E-state index contributed by atoms with van der Waals surface area (Å²) < 4.78 is 48.5. The molecule has 1 aromatic carbocycles. The predicted octanol–water partition coefficient (Wildman–Crippen LogP) is 5.53. The van der Waals surface area contributed by atoms with Crippen molar-refractivity contribution in [3.05, 3.63) is 65.9 Å². The molecule has 0 unspecified atom stereocenters. The molecule has 0 saturated heterocycles. The first-order valence-electron chi connectivity index (χ1n) is 11.8. The maximum Gasteiger partial charge on any atom is 0.268 e. The van der Waals surface area contributed by atoms with Gasteiger partial charge in [-0.05, 0) is 57.7 Å². The lowest BCUT2D eigenvalue weighted by Crippen LogP contribution is -2.20. The average Bonchev–Trinajstić information content (AvgIpc) is 3.25. The van der Waals surface area contributed by atoms with E-state index in [2.05, 4.69) is 15.0 Å². The van der Waals surface area contributed by atoms with Gasteiger partial charge in [0, 0.05) is 29.4 Å². The summed E-state index contributed by atoms with van der Waals surface area (Å²) in [5, 5.41) is 0.410. The van der Waals surface area contributed by atoms with Gasteiger partial charge in [0.2, 0.25) is 5.88 Å². The van der Waals surface area contributed by atoms with Crippen molar-refractivity contribution in [1.29, 1.82) is 0 Å². The third kappa shape index (κ3) is 4.52. The number of ether oxygens (including phenoxy) is 1. The monoisotopic (exact) mass is 494 g/mol. The minimum Gasteiger partial charge on any atom is -0.474 e. The highest BCUT2D eigenvalue weighted by Crippen LogP contribution is 2.35. The van der Waals surface area contributed by atoms with E-state index in [0.29, 0.717) is 33.9 Å². The van der Waals surface area contributed by atoms with Gasteiger partial charge in [-0.1, -0.05) is 24.1 Å². The van der Waals surface area contributed by atoms with Crippen LogP contribution in [0.15, 0.2) is 53.7 Å². The fourth-order valence-electron chi connectivity index (χ4n) is 4.63. The molecule has 0 spiro atoms. The van der Waals surface area contributed by atoms with Crippen molar-refractivity contribution in [2.75, 3.05) is 0 Å². The maximum atomic E-state index is 14.0. The van der Waals surface area contributed by atoms with Gasteiger partial charge in [-0.25, -0.2) is 21.8 Å². The summed E-state index contributed by atoms with van der Waals surface area (Å²) >= 11 is 0. The lowest BCUT2D eigenvalue weighted by molar-refractivity contribution is 0.148.